The van der Waals surface area contributed by atoms with Crippen molar-refractivity contribution in [3.05, 3.63) is 29.6 Å². The van der Waals surface area contributed by atoms with E-state index in [1.54, 1.807) is 0 Å². The first-order chi connectivity index (χ1) is 9.29. The summed E-state index contributed by atoms with van der Waals surface area (Å²) in [6.45, 7) is 0.0934. The van der Waals surface area contributed by atoms with Crippen LogP contribution in [0, 0.1) is 11.7 Å². The van der Waals surface area contributed by atoms with Crippen LogP contribution in [-0.2, 0) is 10.0 Å². The summed E-state index contributed by atoms with van der Waals surface area (Å²) in [5.74, 6) is -2.31. The number of sulfonamides is 1. The summed E-state index contributed by atoms with van der Waals surface area (Å²) in [6, 6.07) is 2.60. The molecule has 2 rings (SSSR count). The summed E-state index contributed by atoms with van der Waals surface area (Å²) in [6.07, 6.45) is 0.594. The van der Waals surface area contributed by atoms with E-state index in [9.17, 15) is 17.6 Å². The highest BCUT2D eigenvalue weighted by Gasteiger charge is 2.29. The number of rotatable bonds is 5. The molecule has 6 nitrogen and oxygen atoms in total. The smallest absolute Gasteiger partial charge is 0.335 e. The van der Waals surface area contributed by atoms with Crippen molar-refractivity contribution in [3.63, 3.8) is 0 Å². The number of carbonyl (C=O) groups is 1. The Hall–Kier alpha value is -1.51. The van der Waals surface area contributed by atoms with E-state index in [-0.39, 0.29) is 18.0 Å². The molecule has 110 valence electrons. The minimum absolute atomic E-state index is 0.0190. The minimum atomic E-state index is -4.11. The molecule has 8 heteroatoms. The Labute approximate surface area is 115 Å². The van der Waals surface area contributed by atoms with Gasteiger partial charge in [0.15, 0.2) is 0 Å². The fraction of sp³-hybridized carbons (Fsp3) is 0.417. The first-order valence-corrected chi connectivity index (χ1v) is 7.48. The Bertz CT molecular complexity index is 625. The fourth-order valence-corrected chi connectivity index (χ4v) is 3.23. The van der Waals surface area contributed by atoms with Crippen molar-refractivity contribution in [1.82, 2.24) is 4.72 Å². The number of hydrogen-bond donors (Lipinski definition) is 3. The van der Waals surface area contributed by atoms with Crippen LogP contribution < -0.4 is 4.72 Å². The molecule has 0 saturated heterocycles. The predicted octanol–water partition coefficient (Wildman–Crippen LogP) is 0.573. The van der Waals surface area contributed by atoms with E-state index < -0.39 is 32.8 Å². The molecule has 1 saturated carbocycles. The van der Waals surface area contributed by atoms with Crippen molar-refractivity contribution in [2.24, 2.45) is 5.92 Å². The SMILES string of the molecule is O=C(O)c1ccc(F)c(S(=O)(=O)NCC2CC(O)C2)c1. The Kier molecular flexibility index (Phi) is 4.07. The summed E-state index contributed by atoms with van der Waals surface area (Å²) in [5, 5.41) is 17.9. The number of hydrogen-bond acceptors (Lipinski definition) is 4. The number of aromatic carboxylic acids is 1. The molecule has 20 heavy (non-hydrogen) atoms. The van der Waals surface area contributed by atoms with Crippen LogP contribution in [0.15, 0.2) is 23.1 Å². The van der Waals surface area contributed by atoms with Gasteiger partial charge in [0.2, 0.25) is 10.0 Å². The highest BCUT2D eigenvalue weighted by Crippen LogP contribution is 2.27. The third-order valence-electron chi connectivity index (χ3n) is 3.24. The third-order valence-corrected chi connectivity index (χ3v) is 4.68. The van der Waals surface area contributed by atoms with Gasteiger partial charge in [0.1, 0.15) is 10.7 Å². The highest BCUT2D eigenvalue weighted by atomic mass is 32.2. The van der Waals surface area contributed by atoms with E-state index in [0.29, 0.717) is 12.8 Å². The maximum absolute atomic E-state index is 13.6. The van der Waals surface area contributed by atoms with Crippen LogP contribution in [0.3, 0.4) is 0 Å². The van der Waals surface area contributed by atoms with Gasteiger partial charge in [0.05, 0.1) is 11.7 Å². The molecule has 0 spiro atoms. The molecule has 0 atom stereocenters. The second kappa shape index (κ2) is 5.47. The van der Waals surface area contributed by atoms with Gasteiger partial charge in [-0.2, -0.15) is 0 Å². The summed E-state index contributed by atoms with van der Waals surface area (Å²) in [4.78, 5) is 10.1. The molecule has 0 radical (unpaired) electrons. The fourth-order valence-electron chi connectivity index (χ4n) is 2.01. The molecule has 0 heterocycles. The second-order valence-corrected chi connectivity index (χ2v) is 6.53. The summed E-state index contributed by atoms with van der Waals surface area (Å²) in [7, 11) is -4.11. The molecular weight excluding hydrogens is 289 g/mol. The van der Waals surface area contributed by atoms with Crippen LogP contribution in [0.5, 0.6) is 0 Å². The van der Waals surface area contributed by atoms with Gasteiger partial charge in [-0.15, -0.1) is 0 Å². The van der Waals surface area contributed by atoms with Gasteiger partial charge in [-0.25, -0.2) is 22.3 Å². The maximum atomic E-state index is 13.6. The van der Waals surface area contributed by atoms with E-state index in [2.05, 4.69) is 4.72 Å². The monoisotopic (exact) mass is 303 g/mol. The number of halogens is 1. The lowest BCUT2D eigenvalue weighted by molar-refractivity contribution is 0.0453. The summed E-state index contributed by atoms with van der Waals surface area (Å²) < 4.78 is 39.7. The molecule has 0 aliphatic heterocycles. The molecule has 0 aromatic heterocycles. The largest absolute Gasteiger partial charge is 0.478 e. The van der Waals surface area contributed by atoms with E-state index in [1.807, 2.05) is 0 Å². The minimum Gasteiger partial charge on any atom is -0.478 e. The molecule has 0 bridgehead atoms. The van der Waals surface area contributed by atoms with E-state index >= 15 is 0 Å². The molecule has 3 N–H and O–H groups in total. The number of aliphatic hydroxyl groups excluding tert-OH is 1. The molecular formula is C12H14FNO5S. The average molecular weight is 303 g/mol. The molecule has 1 aromatic rings. The Morgan fingerprint density at radius 3 is 2.60 bits per heavy atom. The third kappa shape index (κ3) is 3.14. The van der Waals surface area contributed by atoms with Crippen LogP contribution in [0.1, 0.15) is 23.2 Å². The van der Waals surface area contributed by atoms with E-state index in [0.717, 1.165) is 18.2 Å². The van der Waals surface area contributed by atoms with Crippen LogP contribution in [-0.4, -0.2) is 37.2 Å². The molecule has 0 amide bonds. The van der Waals surface area contributed by atoms with Gasteiger partial charge in [0, 0.05) is 6.54 Å². The van der Waals surface area contributed by atoms with E-state index in [4.69, 9.17) is 10.2 Å². The lowest BCUT2D eigenvalue weighted by atomic mass is 9.83. The quantitative estimate of drug-likeness (QED) is 0.738. The first kappa shape index (κ1) is 14.9. The lowest BCUT2D eigenvalue weighted by Gasteiger charge is -2.31. The zero-order valence-corrected chi connectivity index (χ0v) is 11.2. The lowest BCUT2D eigenvalue weighted by Crippen LogP contribution is -2.38. The van der Waals surface area contributed by atoms with Gasteiger partial charge < -0.3 is 10.2 Å². The van der Waals surface area contributed by atoms with Crippen molar-refractivity contribution >= 4 is 16.0 Å². The van der Waals surface area contributed by atoms with Crippen molar-refractivity contribution in [3.8, 4) is 0 Å². The Morgan fingerprint density at radius 1 is 1.40 bits per heavy atom. The number of carboxylic acid groups (broad SMARTS) is 1. The van der Waals surface area contributed by atoms with Gasteiger partial charge in [-0.1, -0.05) is 0 Å². The van der Waals surface area contributed by atoms with Crippen molar-refractivity contribution in [2.45, 2.75) is 23.8 Å². The summed E-state index contributed by atoms with van der Waals surface area (Å²) >= 11 is 0. The van der Waals surface area contributed by atoms with Crippen LogP contribution in [0.4, 0.5) is 4.39 Å². The molecule has 1 fully saturated rings. The van der Waals surface area contributed by atoms with Crippen LogP contribution in [0.2, 0.25) is 0 Å². The van der Waals surface area contributed by atoms with E-state index in [1.165, 1.54) is 0 Å². The van der Waals surface area contributed by atoms with Gasteiger partial charge in [-0.3, -0.25) is 0 Å². The standard InChI is InChI=1S/C12H14FNO5S/c13-10-2-1-8(12(16)17)5-11(10)20(18,19)14-6-7-3-9(15)4-7/h1-2,5,7,9,14-15H,3-4,6H2,(H,16,17). The Balaban J connectivity index is 2.16. The normalized spacial score (nSPS) is 22.3. The van der Waals surface area contributed by atoms with Crippen LogP contribution in [0.25, 0.3) is 0 Å². The highest BCUT2D eigenvalue weighted by molar-refractivity contribution is 7.89. The molecule has 0 unspecified atom stereocenters. The first-order valence-electron chi connectivity index (χ1n) is 6.00. The number of carboxylic acids is 1. The number of aliphatic hydroxyl groups is 1. The molecule has 1 aliphatic rings. The zero-order valence-electron chi connectivity index (χ0n) is 10.4. The zero-order chi connectivity index (χ0) is 14.9. The van der Waals surface area contributed by atoms with Gasteiger partial charge >= 0.3 is 5.97 Å². The van der Waals surface area contributed by atoms with Gasteiger partial charge in [0.25, 0.3) is 0 Å². The van der Waals surface area contributed by atoms with Crippen molar-refractivity contribution < 1.29 is 27.8 Å². The predicted molar refractivity (Wildman–Crippen MR) is 67.3 cm³/mol. The second-order valence-electron chi connectivity index (χ2n) is 4.79. The number of benzene rings is 1. The maximum Gasteiger partial charge on any atom is 0.335 e. The van der Waals surface area contributed by atoms with Crippen molar-refractivity contribution in [2.75, 3.05) is 6.54 Å². The number of nitrogens with one attached hydrogen (secondary N) is 1. The van der Waals surface area contributed by atoms with Crippen LogP contribution >= 0.6 is 0 Å². The summed E-state index contributed by atoms with van der Waals surface area (Å²) in [5.41, 5.74) is -0.300. The Morgan fingerprint density at radius 2 is 2.05 bits per heavy atom. The molecule has 1 aliphatic carbocycles. The topological polar surface area (TPSA) is 104 Å². The van der Waals surface area contributed by atoms with Crippen molar-refractivity contribution in [1.29, 1.82) is 0 Å². The molecule has 1 aromatic carbocycles. The van der Waals surface area contributed by atoms with Gasteiger partial charge in [-0.05, 0) is 37.0 Å². The average Bonchev–Trinajstić information content (AvgIpc) is 2.33.